The highest BCUT2D eigenvalue weighted by Gasteiger charge is 2.50. The number of nitrogens with one attached hydrogen (secondary N) is 1. The molecule has 1 N–H and O–H groups in total. The van der Waals surface area contributed by atoms with Gasteiger partial charge in [-0.15, -0.1) is 11.3 Å². The van der Waals surface area contributed by atoms with Crippen LogP contribution in [0.3, 0.4) is 0 Å². The molecule has 6 nitrogen and oxygen atoms in total. The minimum absolute atomic E-state index is 0.00324. The number of nitrogens with zero attached hydrogens (tertiary/aromatic N) is 2. The van der Waals surface area contributed by atoms with Gasteiger partial charge in [-0.25, -0.2) is 4.98 Å². The molecule has 1 aromatic heterocycles. The van der Waals surface area contributed by atoms with Gasteiger partial charge in [0.05, 0.1) is 23.6 Å². The van der Waals surface area contributed by atoms with Gasteiger partial charge in [-0.1, -0.05) is 0 Å². The lowest BCUT2D eigenvalue weighted by Gasteiger charge is -2.21. The van der Waals surface area contributed by atoms with Crippen LogP contribution in [0.4, 0.5) is 0 Å². The first-order chi connectivity index (χ1) is 9.22. The van der Waals surface area contributed by atoms with E-state index in [-0.39, 0.29) is 29.9 Å². The topological polar surface area (TPSA) is 71.5 Å². The third-order valence-electron chi connectivity index (χ3n) is 3.79. The van der Waals surface area contributed by atoms with E-state index in [9.17, 15) is 9.59 Å². The maximum atomic E-state index is 12.4. The number of fused-ring (bicyclic) bond motifs is 1. The predicted molar refractivity (Wildman–Crippen MR) is 68.9 cm³/mol. The maximum absolute atomic E-state index is 12.4. The summed E-state index contributed by atoms with van der Waals surface area (Å²) < 4.78 is 5.64. The third-order valence-corrected chi connectivity index (χ3v) is 4.38. The van der Waals surface area contributed by atoms with Gasteiger partial charge >= 0.3 is 0 Å². The Balaban J connectivity index is 1.83. The van der Waals surface area contributed by atoms with Gasteiger partial charge in [0, 0.05) is 25.6 Å². The lowest BCUT2D eigenvalue weighted by atomic mass is 10.0. The second-order valence-electron chi connectivity index (χ2n) is 4.74. The number of rotatable bonds is 2. The van der Waals surface area contributed by atoms with Crippen LogP contribution in [-0.2, 0) is 9.53 Å². The Morgan fingerprint density at radius 2 is 2.42 bits per heavy atom. The molecule has 3 heterocycles. The van der Waals surface area contributed by atoms with Crippen LogP contribution in [0.25, 0.3) is 0 Å². The molecule has 0 aliphatic carbocycles. The highest BCUT2D eigenvalue weighted by Crippen LogP contribution is 2.34. The zero-order valence-corrected chi connectivity index (χ0v) is 11.4. The van der Waals surface area contributed by atoms with E-state index in [1.165, 1.54) is 11.3 Å². The van der Waals surface area contributed by atoms with Crippen molar-refractivity contribution in [2.45, 2.75) is 18.6 Å². The fourth-order valence-electron chi connectivity index (χ4n) is 2.89. The zero-order valence-electron chi connectivity index (χ0n) is 10.5. The molecular weight excluding hydrogens is 266 g/mol. The summed E-state index contributed by atoms with van der Waals surface area (Å²) in [5.41, 5.74) is 2.09. The summed E-state index contributed by atoms with van der Waals surface area (Å²) in [5, 5.41) is 4.38. The van der Waals surface area contributed by atoms with Crippen LogP contribution < -0.4 is 5.32 Å². The van der Waals surface area contributed by atoms with Crippen LogP contribution in [0.1, 0.15) is 16.9 Å². The van der Waals surface area contributed by atoms with Gasteiger partial charge in [-0.05, 0) is 6.42 Å². The lowest BCUT2D eigenvalue weighted by Crippen LogP contribution is -2.37. The largest absolute Gasteiger partial charge is 0.375 e. The van der Waals surface area contributed by atoms with E-state index in [0.29, 0.717) is 18.8 Å². The summed E-state index contributed by atoms with van der Waals surface area (Å²) >= 11 is 1.39. The predicted octanol–water partition coefficient (Wildman–Crippen LogP) is 0.119. The van der Waals surface area contributed by atoms with Crippen molar-refractivity contribution in [2.75, 3.05) is 20.2 Å². The third kappa shape index (κ3) is 2.02. The normalized spacial score (nSPS) is 29.3. The van der Waals surface area contributed by atoms with Crippen molar-refractivity contribution in [3.63, 3.8) is 0 Å². The van der Waals surface area contributed by atoms with E-state index in [4.69, 9.17) is 4.74 Å². The average Bonchev–Trinajstić information content (AvgIpc) is 3.12. The summed E-state index contributed by atoms with van der Waals surface area (Å²) in [6.07, 6.45) is 0.608. The fraction of sp³-hybridized carbons (Fsp3) is 0.583. The first-order valence-corrected chi connectivity index (χ1v) is 7.19. The van der Waals surface area contributed by atoms with Gasteiger partial charge in [-0.3, -0.25) is 9.59 Å². The molecule has 1 aromatic rings. The van der Waals surface area contributed by atoms with Gasteiger partial charge in [0.25, 0.3) is 5.91 Å². The van der Waals surface area contributed by atoms with Crippen molar-refractivity contribution in [2.24, 2.45) is 5.92 Å². The SMILES string of the molecule is CNC(=O)[C@@H]1CN(C(=O)c2cscn2)[C@H]2CCO[C@@H]12. The van der Waals surface area contributed by atoms with Crippen molar-refractivity contribution in [3.8, 4) is 0 Å². The van der Waals surface area contributed by atoms with Crippen molar-refractivity contribution in [1.82, 2.24) is 15.2 Å². The molecule has 2 aliphatic heterocycles. The summed E-state index contributed by atoms with van der Waals surface area (Å²) in [4.78, 5) is 30.1. The van der Waals surface area contributed by atoms with E-state index in [0.717, 1.165) is 6.42 Å². The van der Waals surface area contributed by atoms with Gasteiger partial charge in [-0.2, -0.15) is 0 Å². The number of thiazole rings is 1. The van der Waals surface area contributed by atoms with Crippen LogP contribution in [0.2, 0.25) is 0 Å². The van der Waals surface area contributed by atoms with Crippen molar-refractivity contribution in [1.29, 1.82) is 0 Å². The van der Waals surface area contributed by atoms with Gasteiger partial charge in [0.1, 0.15) is 5.69 Å². The van der Waals surface area contributed by atoms with Crippen LogP contribution in [0.15, 0.2) is 10.9 Å². The van der Waals surface area contributed by atoms with E-state index in [1.807, 2.05) is 0 Å². The fourth-order valence-corrected chi connectivity index (χ4v) is 3.41. The minimum atomic E-state index is -0.278. The summed E-state index contributed by atoms with van der Waals surface area (Å²) in [7, 11) is 1.61. The molecule has 2 amide bonds. The molecular formula is C12H15N3O3S. The smallest absolute Gasteiger partial charge is 0.273 e. The van der Waals surface area contributed by atoms with E-state index >= 15 is 0 Å². The molecule has 0 aromatic carbocycles. The van der Waals surface area contributed by atoms with E-state index in [2.05, 4.69) is 10.3 Å². The molecule has 2 aliphatic rings. The molecule has 19 heavy (non-hydrogen) atoms. The Hall–Kier alpha value is -1.47. The Morgan fingerprint density at radius 3 is 3.11 bits per heavy atom. The van der Waals surface area contributed by atoms with Crippen LogP contribution >= 0.6 is 11.3 Å². The molecule has 3 atom stereocenters. The van der Waals surface area contributed by atoms with E-state index < -0.39 is 0 Å². The maximum Gasteiger partial charge on any atom is 0.273 e. The number of hydrogen-bond acceptors (Lipinski definition) is 5. The van der Waals surface area contributed by atoms with Crippen LogP contribution in [0.5, 0.6) is 0 Å². The van der Waals surface area contributed by atoms with Crippen molar-refractivity contribution < 1.29 is 14.3 Å². The molecule has 2 saturated heterocycles. The number of amides is 2. The van der Waals surface area contributed by atoms with Gasteiger partial charge < -0.3 is 15.0 Å². The first kappa shape index (κ1) is 12.6. The van der Waals surface area contributed by atoms with Crippen molar-refractivity contribution >= 4 is 23.2 Å². The molecule has 0 radical (unpaired) electrons. The van der Waals surface area contributed by atoms with Gasteiger partial charge in [0.2, 0.25) is 5.91 Å². The summed E-state index contributed by atoms with van der Waals surface area (Å²) in [6.45, 7) is 1.01. The zero-order chi connectivity index (χ0) is 13.4. The number of carbonyl (C=O) groups is 2. The molecule has 102 valence electrons. The Bertz CT molecular complexity index is 490. The van der Waals surface area contributed by atoms with E-state index in [1.54, 1.807) is 22.8 Å². The van der Waals surface area contributed by atoms with Gasteiger partial charge in [0.15, 0.2) is 0 Å². The second kappa shape index (κ2) is 4.90. The molecule has 7 heteroatoms. The lowest BCUT2D eigenvalue weighted by molar-refractivity contribution is -0.127. The molecule has 3 rings (SSSR count). The highest BCUT2D eigenvalue weighted by atomic mass is 32.1. The Morgan fingerprint density at radius 1 is 1.58 bits per heavy atom. The average molecular weight is 281 g/mol. The molecule has 0 spiro atoms. The molecule has 2 fully saturated rings. The highest BCUT2D eigenvalue weighted by molar-refractivity contribution is 7.07. The molecule has 0 saturated carbocycles. The summed E-state index contributed by atoms with van der Waals surface area (Å²) in [6, 6.07) is -0.00324. The van der Waals surface area contributed by atoms with Crippen molar-refractivity contribution in [3.05, 3.63) is 16.6 Å². The molecule has 0 unspecified atom stereocenters. The summed E-state index contributed by atoms with van der Waals surface area (Å²) in [5.74, 6) is -0.446. The second-order valence-corrected chi connectivity index (χ2v) is 5.46. The minimum Gasteiger partial charge on any atom is -0.375 e. The Labute approximate surface area is 114 Å². The Kier molecular flexibility index (Phi) is 3.24. The van der Waals surface area contributed by atoms with Crippen LogP contribution in [-0.4, -0.2) is 54.0 Å². The van der Waals surface area contributed by atoms with Crippen LogP contribution in [0, 0.1) is 5.92 Å². The quantitative estimate of drug-likeness (QED) is 0.836. The number of aromatic nitrogens is 1. The monoisotopic (exact) mass is 281 g/mol. The number of hydrogen-bond donors (Lipinski definition) is 1. The molecule has 0 bridgehead atoms. The number of carbonyl (C=O) groups excluding carboxylic acids is 2. The standard InChI is InChI=1S/C12H15N3O3S/c1-13-11(16)7-4-15(9-2-3-18-10(7)9)12(17)8-5-19-6-14-8/h5-7,9-10H,2-4H2,1H3,(H,13,16)/t7-,9+,10+/m1/s1. The first-order valence-electron chi connectivity index (χ1n) is 6.24. The number of likely N-dealkylation sites (tertiary alicyclic amines) is 1. The number of ether oxygens (including phenoxy) is 1.